The van der Waals surface area contributed by atoms with E-state index in [9.17, 15) is 14.9 Å². The van der Waals surface area contributed by atoms with Crippen molar-refractivity contribution >= 4 is 11.6 Å². The molecule has 8 nitrogen and oxygen atoms in total. The smallest absolute Gasteiger partial charge is 0.272 e. The summed E-state index contributed by atoms with van der Waals surface area (Å²) in [6, 6.07) is 15.1. The maximum absolute atomic E-state index is 13.1. The molecule has 2 aromatic carbocycles. The van der Waals surface area contributed by atoms with E-state index in [1.807, 2.05) is 38.1 Å². The predicted octanol–water partition coefficient (Wildman–Crippen LogP) is 3.94. The maximum atomic E-state index is 13.1. The molecule has 0 saturated carbocycles. The lowest BCUT2D eigenvalue weighted by molar-refractivity contribution is -0.384. The van der Waals surface area contributed by atoms with Crippen molar-refractivity contribution < 1.29 is 14.5 Å². The van der Waals surface area contributed by atoms with Crippen LogP contribution in [-0.4, -0.2) is 45.7 Å². The molecule has 0 atom stereocenters. The molecule has 0 N–H and O–H groups in total. The highest BCUT2D eigenvalue weighted by atomic mass is 16.6. The average molecular weight is 394 g/mol. The van der Waals surface area contributed by atoms with Crippen molar-refractivity contribution in [2.45, 2.75) is 13.8 Å². The van der Waals surface area contributed by atoms with Gasteiger partial charge in [-0.1, -0.05) is 6.07 Å². The number of amides is 1. The van der Waals surface area contributed by atoms with Gasteiger partial charge in [0.2, 0.25) is 0 Å². The van der Waals surface area contributed by atoms with Crippen molar-refractivity contribution in [2.24, 2.45) is 0 Å². The van der Waals surface area contributed by atoms with Crippen LogP contribution < -0.4 is 4.74 Å². The van der Waals surface area contributed by atoms with Crippen LogP contribution in [0.1, 0.15) is 24.3 Å². The van der Waals surface area contributed by atoms with Crippen molar-refractivity contribution in [3.05, 3.63) is 70.4 Å². The Bertz CT molecular complexity index is 1020. The second-order valence-corrected chi connectivity index (χ2v) is 6.31. The minimum atomic E-state index is -0.469. The number of rotatable bonds is 7. The quantitative estimate of drug-likeness (QED) is 0.447. The number of hydrogen-bond donors (Lipinski definition) is 0. The van der Waals surface area contributed by atoms with Gasteiger partial charge in [0, 0.05) is 30.8 Å². The number of benzene rings is 2. The van der Waals surface area contributed by atoms with Crippen molar-refractivity contribution in [2.75, 3.05) is 20.2 Å². The van der Waals surface area contributed by atoms with Crippen LogP contribution in [0.2, 0.25) is 0 Å². The number of nitrogens with zero attached hydrogens (tertiary/aromatic N) is 4. The summed E-state index contributed by atoms with van der Waals surface area (Å²) < 4.78 is 6.65. The fourth-order valence-corrected chi connectivity index (χ4v) is 3.04. The number of nitro benzene ring substituents is 1. The lowest BCUT2D eigenvalue weighted by atomic mass is 10.1. The van der Waals surface area contributed by atoms with Crippen molar-refractivity contribution in [3.8, 4) is 22.7 Å². The van der Waals surface area contributed by atoms with E-state index >= 15 is 0 Å². The SMILES string of the molecule is CCN(CC)C(=O)c1cc(-c2ccc(OC)cc2)nn1-c1cccc([N+](=O)[O-])c1. The maximum Gasteiger partial charge on any atom is 0.272 e. The number of nitro groups is 1. The Morgan fingerprint density at radius 1 is 1.14 bits per heavy atom. The molecule has 3 rings (SSSR count). The third kappa shape index (κ3) is 4.11. The fourth-order valence-electron chi connectivity index (χ4n) is 3.04. The molecule has 0 radical (unpaired) electrons. The van der Waals surface area contributed by atoms with Crippen LogP contribution >= 0.6 is 0 Å². The Balaban J connectivity index is 2.14. The van der Waals surface area contributed by atoms with Crippen LogP contribution in [0, 0.1) is 10.1 Å². The highest BCUT2D eigenvalue weighted by Crippen LogP contribution is 2.26. The molecule has 8 heteroatoms. The van der Waals surface area contributed by atoms with Crippen LogP contribution in [0.5, 0.6) is 5.75 Å². The molecule has 150 valence electrons. The van der Waals surface area contributed by atoms with E-state index in [4.69, 9.17) is 4.74 Å². The number of carbonyl (C=O) groups excluding carboxylic acids is 1. The minimum absolute atomic E-state index is 0.0646. The first-order valence-electron chi connectivity index (χ1n) is 9.27. The van der Waals surface area contributed by atoms with Crippen LogP contribution in [0.15, 0.2) is 54.6 Å². The summed E-state index contributed by atoms with van der Waals surface area (Å²) >= 11 is 0. The van der Waals surface area contributed by atoms with Gasteiger partial charge in [0.25, 0.3) is 11.6 Å². The lowest BCUT2D eigenvalue weighted by Crippen LogP contribution is -2.32. The van der Waals surface area contributed by atoms with E-state index in [0.29, 0.717) is 35.9 Å². The van der Waals surface area contributed by atoms with Crippen LogP contribution in [-0.2, 0) is 0 Å². The summed E-state index contributed by atoms with van der Waals surface area (Å²) in [6.45, 7) is 4.90. The number of ether oxygens (including phenoxy) is 1. The third-order valence-electron chi connectivity index (χ3n) is 4.65. The van der Waals surface area contributed by atoms with Gasteiger partial charge >= 0.3 is 0 Å². The zero-order valence-corrected chi connectivity index (χ0v) is 16.5. The number of aromatic nitrogens is 2. The highest BCUT2D eigenvalue weighted by Gasteiger charge is 2.22. The minimum Gasteiger partial charge on any atom is -0.497 e. The lowest BCUT2D eigenvalue weighted by Gasteiger charge is -2.19. The van der Waals surface area contributed by atoms with E-state index in [2.05, 4.69) is 5.10 Å². The number of methoxy groups -OCH3 is 1. The van der Waals surface area contributed by atoms with Gasteiger partial charge in [0.15, 0.2) is 0 Å². The second-order valence-electron chi connectivity index (χ2n) is 6.31. The zero-order chi connectivity index (χ0) is 21.0. The Kier molecular flexibility index (Phi) is 5.92. The van der Waals surface area contributed by atoms with Crippen LogP contribution in [0.4, 0.5) is 5.69 Å². The first-order chi connectivity index (χ1) is 14.0. The van der Waals surface area contributed by atoms with Gasteiger partial charge in [-0.2, -0.15) is 5.10 Å². The molecular weight excluding hydrogens is 372 g/mol. The first kappa shape index (κ1) is 20.1. The summed E-state index contributed by atoms with van der Waals surface area (Å²) in [5.41, 5.74) is 2.14. The van der Waals surface area contributed by atoms with E-state index in [0.717, 1.165) is 5.56 Å². The first-order valence-corrected chi connectivity index (χ1v) is 9.27. The number of carbonyl (C=O) groups is 1. The summed E-state index contributed by atoms with van der Waals surface area (Å²) in [7, 11) is 1.59. The molecule has 1 heterocycles. The number of non-ortho nitro benzene ring substituents is 1. The summed E-state index contributed by atoms with van der Waals surface area (Å²) in [5, 5.41) is 15.8. The molecule has 1 aromatic heterocycles. The Morgan fingerprint density at radius 3 is 2.41 bits per heavy atom. The molecule has 0 bridgehead atoms. The fraction of sp³-hybridized carbons (Fsp3) is 0.238. The van der Waals surface area contributed by atoms with Crippen molar-refractivity contribution in [3.63, 3.8) is 0 Å². The Hall–Kier alpha value is -3.68. The van der Waals surface area contributed by atoms with Gasteiger partial charge in [-0.05, 0) is 50.2 Å². The third-order valence-corrected chi connectivity index (χ3v) is 4.65. The van der Waals surface area contributed by atoms with E-state index < -0.39 is 4.92 Å². The van der Waals surface area contributed by atoms with Gasteiger partial charge in [0.1, 0.15) is 11.4 Å². The Morgan fingerprint density at radius 2 is 1.83 bits per heavy atom. The van der Waals surface area contributed by atoms with Crippen molar-refractivity contribution in [1.29, 1.82) is 0 Å². The Labute approximate surface area is 168 Å². The van der Waals surface area contributed by atoms with Gasteiger partial charge in [-0.3, -0.25) is 14.9 Å². The van der Waals surface area contributed by atoms with Gasteiger partial charge in [-0.15, -0.1) is 0 Å². The van der Waals surface area contributed by atoms with Crippen LogP contribution in [0.3, 0.4) is 0 Å². The molecule has 0 saturated heterocycles. The van der Waals surface area contributed by atoms with Crippen LogP contribution in [0.25, 0.3) is 16.9 Å². The molecule has 0 aliphatic heterocycles. The average Bonchev–Trinajstić information content (AvgIpc) is 3.20. The molecule has 0 aliphatic rings. The zero-order valence-electron chi connectivity index (χ0n) is 16.5. The highest BCUT2D eigenvalue weighted by molar-refractivity contribution is 5.94. The molecule has 3 aromatic rings. The largest absolute Gasteiger partial charge is 0.497 e. The van der Waals surface area contributed by atoms with E-state index in [-0.39, 0.29) is 11.6 Å². The van der Waals surface area contributed by atoms with Gasteiger partial charge < -0.3 is 9.64 Å². The van der Waals surface area contributed by atoms with Crippen molar-refractivity contribution in [1.82, 2.24) is 14.7 Å². The molecule has 0 fully saturated rings. The summed E-state index contributed by atoms with van der Waals surface area (Å²) in [5.74, 6) is 0.528. The second kappa shape index (κ2) is 8.55. The number of hydrogen-bond acceptors (Lipinski definition) is 5. The van der Waals surface area contributed by atoms with Gasteiger partial charge in [-0.25, -0.2) is 4.68 Å². The molecule has 0 unspecified atom stereocenters. The topological polar surface area (TPSA) is 90.5 Å². The normalized spacial score (nSPS) is 10.6. The molecular formula is C21H22N4O4. The molecule has 0 spiro atoms. The monoisotopic (exact) mass is 394 g/mol. The molecule has 29 heavy (non-hydrogen) atoms. The molecule has 1 amide bonds. The molecule has 0 aliphatic carbocycles. The predicted molar refractivity (Wildman–Crippen MR) is 109 cm³/mol. The van der Waals surface area contributed by atoms with E-state index in [1.165, 1.54) is 16.8 Å². The summed E-state index contributed by atoms with van der Waals surface area (Å²) in [6.07, 6.45) is 0. The summed E-state index contributed by atoms with van der Waals surface area (Å²) in [4.78, 5) is 25.5. The van der Waals surface area contributed by atoms with E-state index in [1.54, 1.807) is 30.2 Å². The van der Waals surface area contributed by atoms with Gasteiger partial charge in [0.05, 0.1) is 23.4 Å². The standard InChI is InChI=1S/C21H22N4O4/c1-4-23(5-2)21(26)20-14-19(15-9-11-18(29-3)12-10-15)22-24(20)16-7-6-8-17(13-16)25(27)28/h6-14H,4-5H2,1-3H3.